The molecular weight excluding hydrogens is 558 g/mol. The van der Waals surface area contributed by atoms with Gasteiger partial charge in [0.25, 0.3) is 5.56 Å². The standard InChI is InChI=1S/C32H31N9O3/c1-17-7-9-21(13-22(17)23-12-20-14-36-31(34-5)39-27(20)40(6)28(23)42)41(30(33)43)24-16-35-29(32(2,3)4)38-26(24)18-8-10-25-19(11-18)15-37-44-25/h7-16H,1-6H3,(H2,33,43)(H,34,36,39). The second kappa shape index (κ2) is 10.6. The summed E-state index contributed by atoms with van der Waals surface area (Å²) in [7, 11) is 3.38. The minimum atomic E-state index is -0.737. The van der Waals surface area contributed by atoms with Crippen LogP contribution >= 0.6 is 0 Å². The Balaban J connectivity index is 1.55. The number of primary amides is 1. The van der Waals surface area contributed by atoms with Crippen LogP contribution in [-0.2, 0) is 12.5 Å². The Bertz CT molecular complexity index is 2140. The van der Waals surface area contributed by atoms with E-state index in [-0.39, 0.29) is 11.0 Å². The van der Waals surface area contributed by atoms with Crippen molar-refractivity contribution < 1.29 is 9.32 Å². The summed E-state index contributed by atoms with van der Waals surface area (Å²) in [5.74, 6) is 1.01. The van der Waals surface area contributed by atoms with Gasteiger partial charge >= 0.3 is 6.03 Å². The van der Waals surface area contributed by atoms with Crippen LogP contribution in [0.2, 0.25) is 0 Å². The van der Waals surface area contributed by atoms with Crippen LogP contribution in [0.3, 0.4) is 0 Å². The summed E-state index contributed by atoms with van der Waals surface area (Å²) >= 11 is 0. The molecule has 0 spiro atoms. The zero-order chi connectivity index (χ0) is 31.3. The number of pyridine rings is 1. The molecule has 0 saturated carbocycles. The van der Waals surface area contributed by atoms with Gasteiger partial charge in [-0.05, 0) is 54.4 Å². The molecule has 0 aliphatic heterocycles. The lowest BCUT2D eigenvalue weighted by atomic mass is 9.95. The van der Waals surface area contributed by atoms with E-state index in [1.165, 1.54) is 9.47 Å². The van der Waals surface area contributed by atoms with Crippen molar-refractivity contribution in [2.24, 2.45) is 12.8 Å². The maximum Gasteiger partial charge on any atom is 0.324 e. The van der Waals surface area contributed by atoms with Crippen molar-refractivity contribution >= 4 is 45.4 Å². The third-order valence-corrected chi connectivity index (χ3v) is 7.47. The summed E-state index contributed by atoms with van der Waals surface area (Å²) < 4.78 is 6.78. The van der Waals surface area contributed by atoms with Crippen molar-refractivity contribution in [2.45, 2.75) is 33.1 Å². The van der Waals surface area contributed by atoms with Crippen molar-refractivity contribution in [1.82, 2.24) is 29.7 Å². The number of carbonyl (C=O) groups excluding carboxylic acids is 1. The molecule has 0 atom stereocenters. The Labute approximate surface area is 252 Å². The average Bonchev–Trinajstić information content (AvgIpc) is 3.47. The van der Waals surface area contributed by atoms with E-state index in [9.17, 15) is 9.59 Å². The summed E-state index contributed by atoms with van der Waals surface area (Å²) in [4.78, 5) is 46.5. The fourth-order valence-electron chi connectivity index (χ4n) is 5.12. The lowest BCUT2D eigenvalue weighted by Gasteiger charge is -2.26. The molecule has 222 valence electrons. The number of nitrogens with one attached hydrogen (secondary N) is 1. The molecule has 0 unspecified atom stereocenters. The number of aromatic nitrogens is 6. The van der Waals surface area contributed by atoms with Gasteiger partial charge < -0.3 is 15.6 Å². The zero-order valence-electron chi connectivity index (χ0n) is 25.2. The van der Waals surface area contributed by atoms with Crippen LogP contribution in [0.25, 0.3) is 44.4 Å². The van der Waals surface area contributed by atoms with E-state index in [1.807, 2.05) is 45.9 Å². The fourth-order valence-corrected chi connectivity index (χ4v) is 5.12. The smallest absolute Gasteiger partial charge is 0.324 e. The van der Waals surface area contributed by atoms with E-state index in [0.29, 0.717) is 56.6 Å². The van der Waals surface area contributed by atoms with E-state index >= 15 is 0 Å². The summed E-state index contributed by atoms with van der Waals surface area (Å²) in [6.07, 6.45) is 4.90. The number of aryl methyl sites for hydroxylation is 2. The predicted molar refractivity (Wildman–Crippen MR) is 170 cm³/mol. The van der Waals surface area contributed by atoms with Crippen molar-refractivity contribution in [2.75, 3.05) is 17.3 Å². The van der Waals surface area contributed by atoms with Crippen LogP contribution in [-0.4, -0.2) is 42.7 Å². The molecule has 2 aromatic carbocycles. The van der Waals surface area contributed by atoms with Crippen LogP contribution in [0.15, 0.2) is 70.4 Å². The normalized spacial score (nSPS) is 11.7. The van der Waals surface area contributed by atoms with E-state index in [0.717, 1.165) is 16.5 Å². The molecule has 44 heavy (non-hydrogen) atoms. The van der Waals surface area contributed by atoms with E-state index < -0.39 is 6.03 Å². The molecule has 0 fully saturated rings. The van der Waals surface area contributed by atoms with Crippen LogP contribution in [0.4, 0.5) is 22.1 Å². The number of nitrogens with two attached hydrogens (primary N) is 1. The summed E-state index contributed by atoms with van der Waals surface area (Å²) in [5.41, 5.74) is 10.5. The number of urea groups is 1. The first-order valence-electron chi connectivity index (χ1n) is 13.9. The molecule has 12 heteroatoms. The topological polar surface area (TPSA) is 158 Å². The van der Waals surface area contributed by atoms with E-state index in [2.05, 4.69) is 25.4 Å². The highest BCUT2D eigenvalue weighted by molar-refractivity contribution is 6.02. The van der Waals surface area contributed by atoms with E-state index in [4.69, 9.17) is 15.2 Å². The van der Waals surface area contributed by atoms with Crippen molar-refractivity contribution in [3.8, 4) is 22.4 Å². The van der Waals surface area contributed by atoms with Crippen molar-refractivity contribution in [3.63, 3.8) is 0 Å². The summed E-state index contributed by atoms with van der Waals surface area (Å²) in [6.45, 7) is 7.95. The Morgan fingerprint density at radius 1 is 0.977 bits per heavy atom. The lowest BCUT2D eigenvalue weighted by Crippen LogP contribution is -2.32. The maximum absolute atomic E-state index is 13.6. The SMILES string of the molecule is CNc1ncc2cc(-c3cc(N(C(N)=O)c4cnc(C(C)(C)C)nc4-c4ccc5oncc5c4)ccc3C)c(=O)n(C)c2n1. The summed E-state index contributed by atoms with van der Waals surface area (Å²) in [5, 5.41) is 8.25. The Morgan fingerprint density at radius 2 is 1.77 bits per heavy atom. The minimum absolute atomic E-state index is 0.246. The van der Waals surface area contributed by atoms with Crippen LogP contribution < -0.4 is 21.5 Å². The molecule has 0 saturated heterocycles. The average molecular weight is 590 g/mol. The number of benzene rings is 2. The van der Waals surface area contributed by atoms with Gasteiger partial charge in [0.05, 0.1) is 29.5 Å². The molecule has 3 N–H and O–H groups in total. The molecule has 0 radical (unpaired) electrons. The Hall–Kier alpha value is -5.65. The van der Waals surface area contributed by atoms with Crippen molar-refractivity contribution in [1.29, 1.82) is 0 Å². The lowest BCUT2D eigenvalue weighted by molar-refractivity contribution is 0.256. The molecule has 12 nitrogen and oxygen atoms in total. The van der Waals surface area contributed by atoms with Gasteiger partial charge in [0, 0.05) is 47.6 Å². The van der Waals surface area contributed by atoms with Crippen molar-refractivity contribution in [3.05, 3.63) is 82.8 Å². The molecule has 6 aromatic rings. The third-order valence-electron chi connectivity index (χ3n) is 7.47. The van der Waals surface area contributed by atoms with Gasteiger partial charge in [-0.15, -0.1) is 0 Å². The highest BCUT2D eigenvalue weighted by Crippen LogP contribution is 2.38. The monoisotopic (exact) mass is 589 g/mol. The number of hydrogen-bond acceptors (Lipinski definition) is 9. The number of amides is 2. The van der Waals surface area contributed by atoms with Gasteiger partial charge in [0.15, 0.2) is 5.58 Å². The minimum Gasteiger partial charge on any atom is -0.357 e. The number of rotatable bonds is 5. The molecule has 6 rings (SSSR count). The molecular formula is C32H31N9O3. The number of anilines is 3. The number of nitrogens with zero attached hydrogens (tertiary/aromatic N) is 7. The first-order valence-corrected chi connectivity index (χ1v) is 13.9. The van der Waals surface area contributed by atoms with Gasteiger partial charge in [-0.3, -0.25) is 14.3 Å². The van der Waals surface area contributed by atoms with Gasteiger partial charge in [-0.2, -0.15) is 4.98 Å². The largest absolute Gasteiger partial charge is 0.357 e. The molecule has 4 aromatic heterocycles. The number of fused-ring (bicyclic) bond motifs is 2. The van der Waals surface area contributed by atoms with Crippen LogP contribution in [0.5, 0.6) is 0 Å². The molecule has 0 bridgehead atoms. The molecule has 2 amide bonds. The molecule has 0 aliphatic carbocycles. The van der Waals surface area contributed by atoms with Crippen LogP contribution in [0.1, 0.15) is 32.2 Å². The predicted octanol–water partition coefficient (Wildman–Crippen LogP) is 5.46. The number of carbonyl (C=O) groups is 1. The summed E-state index contributed by atoms with van der Waals surface area (Å²) in [6, 6.07) is 12.0. The van der Waals surface area contributed by atoms with Gasteiger partial charge in [-0.1, -0.05) is 32.0 Å². The fraction of sp³-hybridized carbons (Fsp3) is 0.219. The second-order valence-corrected chi connectivity index (χ2v) is 11.6. The first kappa shape index (κ1) is 28.5. The highest BCUT2D eigenvalue weighted by atomic mass is 16.5. The quantitative estimate of drug-likeness (QED) is 0.266. The van der Waals surface area contributed by atoms with Crippen LogP contribution in [0, 0.1) is 6.92 Å². The highest BCUT2D eigenvalue weighted by Gasteiger charge is 2.26. The van der Waals surface area contributed by atoms with Gasteiger partial charge in [0.1, 0.15) is 11.5 Å². The first-order chi connectivity index (χ1) is 21.0. The Morgan fingerprint density at radius 3 is 2.50 bits per heavy atom. The molecule has 0 aliphatic rings. The third kappa shape index (κ3) is 4.89. The number of hydrogen-bond donors (Lipinski definition) is 2. The Kier molecular flexibility index (Phi) is 6.83. The maximum atomic E-state index is 13.6. The van der Waals surface area contributed by atoms with E-state index in [1.54, 1.807) is 57.0 Å². The zero-order valence-corrected chi connectivity index (χ0v) is 25.2. The van der Waals surface area contributed by atoms with Gasteiger partial charge in [0.2, 0.25) is 5.95 Å². The van der Waals surface area contributed by atoms with Gasteiger partial charge in [-0.25, -0.2) is 19.7 Å². The molecule has 4 heterocycles. The second-order valence-electron chi connectivity index (χ2n) is 11.6.